The number of hydrogen-bond acceptors (Lipinski definition) is 6. The molecule has 150 valence electrons. The monoisotopic (exact) mass is 387 g/mol. The maximum Gasteiger partial charge on any atom is 0.292 e. The van der Waals surface area contributed by atoms with Crippen LogP contribution in [0.15, 0.2) is 53.5 Å². The second kappa shape index (κ2) is 11.3. The minimum atomic E-state index is -0.404. The number of para-hydroxylation sites is 2. The highest BCUT2D eigenvalue weighted by molar-refractivity contribution is 5.79. The standard InChI is InChI=1S/C19H25N5O4/c1-20-19(23-13-14-28-16-9-7-15(27-2)8-10-16)22-12-11-21-17-5-3-4-6-18(17)24(25)26/h3-10,21H,11-14H2,1-2H3,(H2,20,22,23). The Morgan fingerprint density at radius 3 is 2.39 bits per heavy atom. The Morgan fingerprint density at radius 2 is 1.71 bits per heavy atom. The summed E-state index contributed by atoms with van der Waals surface area (Å²) in [6, 6.07) is 13.9. The number of nitro groups is 1. The minimum Gasteiger partial charge on any atom is -0.497 e. The summed E-state index contributed by atoms with van der Waals surface area (Å²) in [7, 11) is 3.30. The number of aliphatic imine (C=N–C) groups is 1. The Morgan fingerprint density at radius 1 is 1.04 bits per heavy atom. The molecule has 0 fully saturated rings. The van der Waals surface area contributed by atoms with E-state index in [0.717, 1.165) is 11.5 Å². The van der Waals surface area contributed by atoms with Gasteiger partial charge in [-0.3, -0.25) is 15.1 Å². The van der Waals surface area contributed by atoms with Gasteiger partial charge in [-0.1, -0.05) is 12.1 Å². The fourth-order valence-electron chi connectivity index (χ4n) is 2.39. The first kappa shape index (κ1) is 20.8. The fraction of sp³-hybridized carbons (Fsp3) is 0.316. The fourth-order valence-corrected chi connectivity index (χ4v) is 2.39. The molecule has 9 nitrogen and oxygen atoms in total. The zero-order valence-electron chi connectivity index (χ0n) is 16.0. The van der Waals surface area contributed by atoms with Crippen molar-refractivity contribution in [1.82, 2.24) is 10.6 Å². The average molecular weight is 387 g/mol. The third-order valence-electron chi connectivity index (χ3n) is 3.78. The Kier molecular flexibility index (Phi) is 8.38. The Bertz CT molecular complexity index is 780. The first-order valence-corrected chi connectivity index (χ1v) is 8.82. The molecule has 3 N–H and O–H groups in total. The number of benzene rings is 2. The highest BCUT2D eigenvalue weighted by Crippen LogP contribution is 2.22. The molecule has 0 spiro atoms. The number of nitrogens with one attached hydrogen (secondary N) is 3. The molecule has 0 heterocycles. The summed E-state index contributed by atoms with van der Waals surface area (Å²) in [4.78, 5) is 14.7. The van der Waals surface area contributed by atoms with Gasteiger partial charge in [-0.15, -0.1) is 0 Å². The first-order chi connectivity index (χ1) is 13.6. The number of nitro benzene ring substituents is 1. The minimum absolute atomic E-state index is 0.0562. The number of hydrogen-bond donors (Lipinski definition) is 3. The lowest BCUT2D eigenvalue weighted by Crippen LogP contribution is -2.41. The quantitative estimate of drug-likeness (QED) is 0.189. The van der Waals surface area contributed by atoms with Crippen LogP contribution in [0, 0.1) is 10.1 Å². The molecule has 2 aromatic rings. The Hall–Kier alpha value is -3.49. The van der Waals surface area contributed by atoms with Gasteiger partial charge in [-0.05, 0) is 30.3 Å². The SMILES string of the molecule is CN=C(NCCNc1ccccc1[N+](=O)[O-])NCCOc1ccc(OC)cc1. The maximum atomic E-state index is 11.0. The molecular weight excluding hydrogens is 362 g/mol. The summed E-state index contributed by atoms with van der Waals surface area (Å²) in [6.45, 7) is 2.10. The van der Waals surface area contributed by atoms with Crippen molar-refractivity contribution in [1.29, 1.82) is 0 Å². The van der Waals surface area contributed by atoms with E-state index in [0.29, 0.717) is 37.9 Å². The molecule has 0 amide bonds. The highest BCUT2D eigenvalue weighted by atomic mass is 16.6. The summed E-state index contributed by atoms with van der Waals surface area (Å²) < 4.78 is 10.7. The summed E-state index contributed by atoms with van der Waals surface area (Å²) in [5.41, 5.74) is 0.547. The lowest BCUT2D eigenvalue weighted by Gasteiger charge is -2.13. The summed E-state index contributed by atoms with van der Waals surface area (Å²) in [6.07, 6.45) is 0. The normalized spacial score (nSPS) is 10.9. The van der Waals surface area contributed by atoms with Crippen molar-refractivity contribution < 1.29 is 14.4 Å². The molecule has 9 heteroatoms. The Labute approximate surface area is 163 Å². The van der Waals surface area contributed by atoms with E-state index in [-0.39, 0.29) is 5.69 Å². The number of methoxy groups -OCH3 is 1. The van der Waals surface area contributed by atoms with Gasteiger partial charge < -0.3 is 25.4 Å². The molecule has 0 unspecified atom stereocenters. The molecule has 2 rings (SSSR count). The van der Waals surface area contributed by atoms with Crippen LogP contribution in [0.4, 0.5) is 11.4 Å². The highest BCUT2D eigenvalue weighted by Gasteiger charge is 2.11. The zero-order valence-corrected chi connectivity index (χ0v) is 16.0. The van der Waals surface area contributed by atoms with Crippen LogP contribution in [0.5, 0.6) is 11.5 Å². The number of anilines is 1. The molecule has 0 aliphatic carbocycles. The van der Waals surface area contributed by atoms with E-state index in [9.17, 15) is 10.1 Å². The predicted molar refractivity (Wildman–Crippen MR) is 109 cm³/mol. The number of guanidine groups is 1. The predicted octanol–water partition coefficient (Wildman–Crippen LogP) is 2.26. The molecule has 0 atom stereocenters. The van der Waals surface area contributed by atoms with Gasteiger partial charge in [0.05, 0.1) is 18.6 Å². The van der Waals surface area contributed by atoms with E-state index < -0.39 is 4.92 Å². The van der Waals surface area contributed by atoms with E-state index in [4.69, 9.17) is 9.47 Å². The van der Waals surface area contributed by atoms with E-state index in [1.807, 2.05) is 24.3 Å². The van der Waals surface area contributed by atoms with Crippen LogP contribution in [-0.4, -0.2) is 51.3 Å². The molecule has 0 saturated heterocycles. The van der Waals surface area contributed by atoms with E-state index >= 15 is 0 Å². The molecule has 2 aromatic carbocycles. The number of ether oxygens (including phenoxy) is 2. The van der Waals surface area contributed by atoms with Crippen molar-refractivity contribution in [2.24, 2.45) is 4.99 Å². The van der Waals surface area contributed by atoms with Gasteiger partial charge in [-0.25, -0.2) is 0 Å². The van der Waals surface area contributed by atoms with Crippen LogP contribution in [0.25, 0.3) is 0 Å². The van der Waals surface area contributed by atoms with Crippen LogP contribution in [-0.2, 0) is 0 Å². The van der Waals surface area contributed by atoms with Gasteiger partial charge in [0.1, 0.15) is 23.8 Å². The second-order valence-corrected chi connectivity index (χ2v) is 5.65. The second-order valence-electron chi connectivity index (χ2n) is 5.65. The van der Waals surface area contributed by atoms with Gasteiger partial charge in [-0.2, -0.15) is 0 Å². The van der Waals surface area contributed by atoms with Crippen molar-refractivity contribution in [2.75, 3.05) is 45.7 Å². The van der Waals surface area contributed by atoms with Crippen molar-refractivity contribution in [3.8, 4) is 11.5 Å². The maximum absolute atomic E-state index is 11.0. The third-order valence-corrected chi connectivity index (χ3v) is 3.78. The zero-order chi connectivity index (χ0) is 20.2. The molecular formula is C19H25N5O4. The molecule has 0 aliphatic heterocycles. The largest absolute Gasteiger partial charge is 0.497 e. The van der Waals surface area contributed by atoms with Crippen LogP contribution >= 0.6 is 0 Å². The summed E-state index contributed by atoms with van der Waals surface area (Å²) in [5, 5.41) is 20.3. The third kappa shape index (κ3) is 6.67. The van der Waals surface area contributed by atoms with Crippen molar-refractivity contribution >= 4 is 17.3 Å². The van der Waals surface area contributed by atoms with Crippen molar-refractivity contribution in [2.45, 2.75) is 0 Å². The van der Waals surface area contributed by atoms with Gasteiger partial charge in [0, 0.05) is 26.2 Å². The molecule has 28 heavy (non-hydrogen) atoms. The first-order valence-electron chi connectivity index (χ1n) is 8.82. The van der Waals surface area contributed by atoms with Gasteiger partial charge in [0.25, 0.3) is 5.69 Å². The van der Waals surface area contributed by atoms with Crippen molar-refractivity contribution in [3.63, 3.8) is 0 Å². The van der Waals surface area contributed by atoms with Crippen LogP contribution in [0.1, 0.15) is 0 Å². The topological polar surface area (TPSA) is 110 Å². The van der Waals surface area contributed by atoms with E-state index in [1.54, 1.807) is 32.4 Å². The molecule has 0 bridgehead atoms. The van der Waals surface area contributed by atoms with E-state index in [2.05, 4.69) is 20.9 Å². The van der Waals surface area contributed by atoms with Crippen LogP contribution < -0.4 is 25.4 Å². The molecule has 0 aliphatic rings. The Balaban J connectivity index is 1.65. The van der Waals surface area contributed by atoms with Crippen molar-refractivity contribution in [3.05, 3.63) is 58.6 Å². The van der Waals surface area contributed by atoms with Crippen LogP contribution in [0.2, 0.25) is 0 Å². The average Bonchev–Trinajstić information content (AvgIpc) is 2.73. The number of rotatable bonds is 10. The van der Waals surface area contributed by atoms with Gasteiger partial charge >= 0.3 is 0 Å². The molecule has 0 saturated carbocycles. The molecule has 0 radical (unpaired) electrons. The van der Waals surface area contributed by atoms with Crippen LogP contribution in [0.3, 0.4) is 0 Å². The van der Waals surface area contributed by atoms with Gasteiger partial charge in [0.15, 0.2) is 5.96 Å². The smallest absolute Gasteiger partial charge is 0.292 e. The van der Waals surface area contributed by atoms with Gasteiger partial charge in [0.2, 0.25) is 0 Å². The molecule has 0 aromatic heterocycles. The lowest BCUT2D eigenvalue weighted by atomic mass is 10.2. The summed E-state index contributed by atoms with van der Waals surface area (Å²) >= 11 is 0. The number of nitrogens with zero attached hydrogens (tertiary/aromatic N) is 2. The lowest BCUT2D eigenvalue weighted by molar-refractivity contribution is -0.384. The summed E-state index contributed by atoms with van der Waals surface area (Å²) in [5.74, 6) is 2.17. The van der Waals surface area contributed by atoms with E-state index in [1.165, 1.54) is 6.07 Å².